The molecular formula is C18H20N4O2. The average molecular weight is 324 g/mol. The Labute approximate surface area is 140 Å². The first kappa shape index (κ1) is 16.0. The number of hydrogen-bond acceptors (Lipinski definition) is 4. The fourth-order valence-corrected chi connectivity index (χ4v) is 2.99. The summed E-state index contributed by atoms with van der Waals surface area (Å²) < 4.78 is 1.87. The summed E-state index contributed by atoms with van der Waals surface area (Å²) in [5, 5.41) is 7.74. The van der Waals surface area contributed by atoms with Crippen molar-refractivity contribution in [2.24, 2.45) is 0 Å². The van der Waals surface area contributed by atoms with Crippen LogP contribution in [0.1, 0.15) is 32.1 Å². The molecule has 0 spiro atoms. The molecule has 0 fully saturated rings. The third-order valence-corrected chi connectivity index (χ3v) is 4.20. The molecule has 6 nitrogen and oxygen atoms in total. The Morgan fingerprint density at radius 1 is 1.17 bits per heavy atom. The van der Waals surface area contributed by atoms with Gasteiger partial charge < -0.3 is 5.32 Å². The predicted molar refractivity (Wildman–Crippen MR) is 92.2 cm³/mol. The molecule has 0 saturated heterocycles. The molecule has 1 aromatic heterocycles. The van der Waals surface area contributed by atoms with Crippen LogP contribution in [0.5, 0.6) is 0 Å². The van der Waals surface area contributed by atoms with E-state index in [0.717, 1.165) is 17.1 Å². The first-order chi connectivity index (χ1) is 11.5. The molecular weight excluding hydrogens is 304 g/mol. The summed E-state index contributed by atoms with van der Waals surface area (Å²) >= 11 is 0. The summed E-state index contributed by atoms with van der Waals surface area (Å²) in [6.45, 7) is 9.07. The fraction of sp³-hybridized carbons (Fsp3) is 0.278. The monoisotopic (exact) mass is 324 g/mol. The Balaban J connectivity index is 1.67. The molecule has 6 heteroatoms. The molecule has 0 atom stereocenters. The summed E-state index contributed by atoms with van der Waals surface area (Å²) in [5.41, 5.74) is 3.79. The van der Waals surface area contributed by atoms with Gasteiger partial charge in [-0.2, -0.15) is 5.10 Å². The van der Waals surface area contributed by atoms with E-state index in [-0.39, 0.29) is 11.8 Å². The van der Waals surface area contributed by atoms with E-state index >= 15 is 0 Å². The van der Waals surface area contributed by atoms with Gasteiger partial charge in [0.1, 0.15) is 0 Å². The van der Waals surface area contributed by atoms with Crippen LogP contribution in [0.3, 0.4) is 0 Å². The minimum atomic E-state index is -0.229. The standard InChI is InChI=1S/C18H20N4O2/c1-4-10-22-13(3)16(12(2)20-22)19-9-11-21-17(23)14-7-5-6-8-15(14)18(21)24/h4-8,19H,1,9-11H2,2-3H3. The molecule has 2 heterocycles. The molecule has 0 saturated carbocycles. The number of anilines is 1. The molecule has 1 aromatic carbocycles. The van der Waals surface area contributed by atoms with Crippen molar-refractivity contribution >= 4 is 17.5 Å². The minimum absolute atomic E-state index is 0.229. The largest absolute Gasteiger partial charge is 0.380 e. The number of rotatable bonds is 6. The van der Waals surface area contributed by atoms with Crippen molar-refractivity contribution in [2.45, 2.75) is 20.4 Å². The SMILES string of the molecule is C=CCn1nc(C)c(NCCN2C(=O)c3ccccc3C2=O)c1C. The summed E-state index contributed by atoms with van der Waals surface area (Å²) in [6, 6.07) is 6.92. The zero-order valence-electron chi connectivity index (χ0n) is 13.9. The lowest BCUT2D eigenvalue weighted by Gasteiger charge is -2.15. The topological polar surface area (TPSA) is 67.2 Å². The smallest absolute Gasteiger partial charge is 0.261 e. The van der Waals surface area contributed by atoms with Gasteiger partial charge >= 0.3 is 0 Å². The number of fused-ring (bicyclic) bond motifs is 1. The van der Waals surface area contributed by atoms with E-state index in [1.165, 1.54) is 4.90 Å². The van der Waals surface area contributed by atoms with Gasteiger partial charge in [0.25, 0.3) is 11.8 Å². The Morgan fingerprint density at radius 2 is 1.79 bits per heavy atom. The van der Waals surface area contributed by atoms with Crippen LogP contribution < -0.4 is 5.32 Å². The average Bonchev–Trinajstić information content (AvgIpc) is 2.98. The second-order valence-corrected chi connectivity index (χ2v) is 5.75. The molecule has 3 rings (SSSR count). The van der Waals surface area contributed by atoms with Crippen molar-refractivity contribution in [3.8, 4) is 0 Å². The highest BCUT2D eigenvalue weighted by Gasteiger charge is 2.34. The van der Waals surface area contributed by atoms with E-state index in [1.807, 2.05) is 18.5 Å². The van der Waals surface area contributed by atoms with Crippen LogP contribution in [0, 0.1) is 13.8 Å². The van der Waals surface area contributed by atoms with Gasteiger partial charge in [-0.05, 0) is 26.0 Å². The van der Waals surface area contributed by atoms with E-state index in [2.05, 4.69) is 17.0 Å². The minimum Gasteiger partial charge on any atom is -0.380 e. The first-order valence-corrected chi connectivity index (χ1v) is 7.88. The summed E-state index contributed by atoms with van der Waals surface area (Å²) in [4.78, 5) is 25.9. The van der Waals surface area contributed by atoms with Crippen molar-refractivity contribution in [2.75, 3.05) is 18.4 Å². The number of aromatic nitrogens is 2. The lowest BCUT2D eigenvalue weighted by Crippen LogP contribution is -2.34. The zero-order valence-corrected chi connectivity index (χ0v) is 13.9. The maximum Gasteiger partial charge on any atom is 0.261 e. The maximum absolute atomic E-state index is 12.3. The Hall–Kier alpha value is -2.89. The van der Waals surface area contributed by atoms with Gasteiger partial charge in [0.2, 0.25) is 0 Å². The third-order valence-electron chi connectivity index (χ3n) is 4.20. The van der Waals surface area contributed by atoms with Crippen LogP contribution in [-0.2, 0) is 6.54 Å². The highest BCUT2D eigenvalue weighted by Crippen LogP contribution is 2.23. The number of carbonyl (C=O) groups is 2. The molecule has 24 heavy (non-hydrogen) atoms. The Kier molecular flexibility index (Phi) is 4.20. The second-order valence-electron chi connectivity index (χ2n) is 5.75. The normalized spacial score (nSPS) is 13.3. The van der Waals surface area contributed by atoms with E-state index in [4.69, 9.17) is 0 Å². The maximum atomic E-state index is 12.3. The third kappa shape index (κ3) is 2.60. The number of amides is 2. The molecule has 1 N–H and O–H groups in total. The van der Waals surface area contributed by atoms with E-state index < -0.39 is 0 Å². The quantitative estimate of drug-likeness (QED) is 0.654. The molecule has 124 valence electrons. The van der Waals surface area contributed by atoms with Crippen LogP contribution in [0.2, 0.25) is 0 Å². The van der Waals surface area contributed by atoms with Gasteiger partial charge in [-0.15, -0.1) is 6.58 Å². The van der Waals surface area contributed by atoms with E-state index in [1.54, 1.807) is 30.3 Å². The van der Waals surface area contributed by atoms with Crippen LogP contribution in [0.4, 0.5) is 5.69 Å². The molecule has 2 amide bonds. The van der Waals surface area contributed by atoms with Crippen molar-refractivity contribution in [3.63, 3.8) is 0 Å². The van der Waals surface area contributed by atoms with Gasteiger partial charge in [-0.1, -0.05) is 18.2 Å². The number of hydrogen-bond donors (Lipinski definition) is 1. The van der Waals surface area contributed by atoms with Gasteiger partial charge in [0.05, 0.1) is 34.7 Å². The second kappa shape index (κ2) is 6.31. The number of carbonyl (C=O) groups excluding carboxylic acids is 2. The lowest BCUT2D eigenvalue weighted by atomic mass is 10.1. The van der Waals surface area contributed by atoms with Gasteiger partial charge in [-0.3, -0.25) is 19.2 Å². The van der Waals surface area contributed by atoms with E-state index in [9.17, 15) is 9.59 Å². The van der Waals surface area contributed by atoms with Crippen LogP contribution in [0.25, 0.3) is 0 Å². The number of aryl methyl sites for hydroxylation is 1. The summed E-state index contributed by atoms with van der Waals surface area (Å²) in [6.07, 6.45) is 1.79. The van der Waals surface area contributed by atoms with Crippen LogP contribution >= 0.6 is 0 Å². The molecule has 0 unspecified atom stereocenters. The van der Waals surface area contributed by atoms with Gasteiger partial charge in [0, 0.05) is 13.1 Å². The first-order valence-electron chi connectivity index (χ1n) is 7.88. The number of allylic oxidation sites excluding steroid dienone is 1. The highest BCUT2D eigenvalue weighted by atomic mass is 16.2. The summed E-state index contributed by atoms with van der Waals surface area (Å²) in [7, 11) is 0. The van der Waals surface area contributed by atoms with Crippen molar-refractivity contribution in [3.05, 3.63) is 59.4 Å². The van der Waals surface area contributed by atoms with Crippen molar-refractivity contribution in [1.82, 2.24) is 14.7 Å². The molecule has 0 bridgehead atoms. The van der Waals surface area contributed by atoms with Gasteiger partial charge in [-0.25, -0.2) is 0 Å². The highest BCUT2D eigenvalue weighted by molar-refractivity contribution is 6.21. The molecule has 0 radical (unpaired) electrons. The number of nitrogens with one attached hydrogen (secondary N) is 1. The van der Waals surface area contributed by atoms with Crippen molar-refractivity contribution < 1.29 is 9.59 Å². The summed E-state index contributed by atoms with van der Waals surface area (Å²) in [5.74, 6) is -0.457. The molecule has 1 aliphatic rings. The van der Waals surface area contributed by atoms with E-state index in [0.29, 0.717) is 30.8 Å². The number of nitrogens with zero attached hydrogens (tertiary/aromatic N) is 3. The Bertz CT molecular complexity index is 787. The van der Waals surface area contributed by atoms with Crippen molar-refractivity contribution in [1.29, 1.82) is 0 Å². The zero-order chi connectivity index (χ0) is 17.3. The molecule has 0 aliphatic carbocycles. The Morgan fingerprint density at radius 3 is 2.38 bits per heavy atom. The van der Waals surface area contributed by atoms with Crippen LogP contribution in [0.15, 0.2) is 36.9 Å². The predicted octanol–water partition coefficient (Wildman–Crippen LogP) is 2.39. The molecule has 2 aromatic rings. The van der Waals surface area contributed by atoms with Gasteiger partial charge in [0.15, 0.2) is 0 Å². The lowest BCUT2D eigenvalue weighted by molar-refractivity contribution is 0.0660. The molecule has 1 aliphatic heterocycles. The number of benzene rings is 1. The fourth-order valence-electron chi connectivity index (χ4n) is 2.99. The van der Waals surface area contributed by atoms with Crippen LogP contribution in [-0.4, -0.2) is 39.6 Å². The number of imide groups is 1.